The highest BCUT2D eigenvalue weighted by Crippen LogP contribution is 2.32. The molecule has 0 N–H and O–H groups in total. The lowest BCUT2D eigenvalue weighted by molar-refractivity contribution is 0.474. The first-order valence-electron chi connectivity index (χ1n) is 24.6. The summed E-state index contributed by atoms with van der Waals surface area (Å²) in [6.07, 6.45) is 0. The summed E-state index contributed by atoms with van der Waals surface area (Å²) in [7, 11) is -10.3. The van der Waals surface area contributed by atoms with Gasteiger partial charge in [0.05, 0.1) is 29.4 Å². The van der Waals surface area contributed by atoms with Crippen LogP contribution in [0.4, 0.5) is 0 Å². The van der Waals surface area contributed by atoms with Crippen molar-refractivity contribution < 1.29 is 30.0 Å². The van der Waals surface area contributed by atoms with Gasteiger partial charge >= 0.3 is 0 Å². The van der Waals surface area contributed by atoms with E-state index in [1.54, 1.807) is 72.8 Å². The van der Waals surface area contributed by atoms with Crippen LogP contribution in [0, 0.1) is 111 Å². The number of aryl methyl sites for hydroxylation is 11. The molecule has 0 aliphatic carbocycles. The molecule has 388 valence electrons. The lowest BCUT2D eigenvalue weighted by Gasteiger charge is -2.13. The molecular weight excluding hydrogens is 977 g/mol. The number of ether oxygens (including phenoxy) is 1. The zero-order chi connectivity index (χ0) is 55.0. The zero-order valence-corrected chi connectivity index (χ0v) is 48.4. The SMILES string of the molecule is Cc1ccc(S(=O)(=O)c2ccc(C)c(C)c2)cc1C.Cc1ccc(S(=O)(=O)c2cccc(C)c2C)cc1C.Cc1cccc(Oc2cccc(C)c2C)c1C.Cc1cccc(S(=O)(=O)c2cccc(C)c2C)c1C. The standard InChI is InChI=1S/3C16H18O2S.C16H18O/c1-11-5-7-15(9-13(11)3)19(17,18)16-8-6-12(2)14(4)10-16;1-11-7-5-9-15(13(11)3)19(17,18)16-10-6-8-12(2)14(16)4;1-11-8-9-15(10-13(11)3)19(17,18)16-7-5-6-12(2)14(16)4;1-11-7-5-9-15(13(11)3)17-16-10-6-8-12(2)14(16)4/h3*5-10H,1-4H3;5-10H,1-4H3. The molecule has 74 heavy (non-hydrogen) atoms. The van der Waals surface area contributed by atoms with Crippen LogP contribution in [0.15, 0.2) is 175 Å². The monoisotopic (exact) mass is 1050 g/mol. The van der Waals surface area contributed by atoms with Crippen molar-refractivity contribution in [1.29, 1.82) is 0 Å². The molecule has 0 aliphatic heterocycles. The van der Waals surface area contributed by atoms with E-state index in [1.165, 1.54) is 22.3 Å². The Balaban J connectivity index is 0.000000183. The minimum atomic E-state index is -3.45. The van der Waals surface area contributed by atoms with Gasteiger partial charge in [0.25, 0.3) is 0 Å². The molecule has 10 heteroatoms. The van der Waals surface area contributed by atoms with Gasteiger partial charge in [0.2, 0.25) is 29.5 Å². The van der Waals surface area contributed by atoms with Crippen molar-refractivity contribution in [2.45, 2.75) is 140 Å². The van der Waals surface area contributed by atoms with Crippen LogP contribution in [0.25, 0.3) is 0 Å². The Morgan fingerprint density at radius 3 is 0.797 bits per heavy atom. The third kappa shape index (κ3) is 13.4. The molecule has 0 fully saturated rings. The van der Waals surface area contributed by atoms with E-state index < -0.39 is 29.5 Å². The summed E-state index contributed by atoms with van der Waals surface area (Å²) in [5.74, 6) is 1.89. The van der Waals surface area contributed by atoms with Crippen LogP contribution in [0.2, 0.25) is 0 Å². The summed E-state index contributed by atoms with van der Waals surface area (Å²) in [4.78, 5) is 2.29. The number of sulfone groups is 3. The maximum Gasteiger partial charge on any atom is 0.207 e. The second-order valence-electron chi connectivity index (χ2n) is 19.3. The summed E-state index contributed by atoms with van der Waals surface area (Å²) in [5, 5.41) is 0. The van der Waals surface area contributed by atoms with Gasteiger partial charge in [0.15, 0.2) is 0 Å². The quantitative estimate of drug-likeness (QED) is 0.149. The molecule has 8 aromatic rings. The Hall–Kier alpha value is -6.59. The van der Waals surface area contributed by atoms with Gasteiger partial charge in [-0.05, 0) is 267 Å². The molecule has 0 saturated carbocycles. The van der Waals surface area contributed by atoms with E-state index in [1.807, 2.05) is 144 Å². The Kier molecular flexibility index (Phi) is 19.0. The first-order chi connectivity index (χ1) is 34.6. The molecule has 0 spiro atoms. The van der Waals surface area contributed by atoms with Crippen molar-refractivity contribution in [2.75, 3.05) is 0 Å². The molecule has 0 amide bonds. The fourth-order valence-corrected chi connectivity index (χ4v) is 12.8. The largest absolute Gasteiger partial charge is 0.457 e. The normalized spacial score (nSPS) is 11.3. The first kappa shape index (κ1) is 58.3. The Labute approximate surface area is 443 Å². The van der Waals surface area contributed by atoms with Crippen LogP contribution in [-0.2, 0) is 29.5 Å². The minimum Gasteiger partial charge on any atom is -0.457 e. The molecule has 0 atom stereocenters. The average molecular weight is 1050 g/mol. The molecule has 0 heterocycles. The van der Waals surface area contributed by atoms with Gasteiger partial charge in [-0.15, -0.1) is 0 Å². The van der Waals surface area contributed by atoms with E-state index in [0.717, 1.165) is 78.3 Å². The highest BCUT2D eigenvalue weighted by Gasteiger charge is 2.24. The molecular formula is C64H72O7S3. The van der Waals surface area contributed by atoms with E-state index in [-0.39, 0.29) is 0 Å². The lowest BCUT2D eigenvalue weighted by atomic mass is 10.1. The number of benzene rings is 8. The predicted molar refractivity (Wildman–Crippen MR) is 304 cm³/mol. The second kappa shape index (κ2) is 24.2. The molecule has 0 bridgehead atoms. The van der Waals surface area contributed by atoms with Crippen molar-refractivity contribution in [3.63, 3.8) is 0 Å². The summed E-state index contributed by atoms with van der Waals surface area (Å²) in [6, 6.07) is 44.3. The zero-order valence-electron chi connectivity index (χ0n) is 45.9. The number of hydrogen-bond donors (Lipinski definition) is 0. The topological polar surface area (TPSA) is 112 Å². The van der Waals surface area contributed by atoms with Gasteiger partial charge in [-0.2, -0.15) is 0 Å². The van der Waals surface area contributed by atoms with Crippen LogP contribution in [0.1, 0.15) is 89.0 Å². The third-order valence-corrected chi connectivity index (χ3v) is 19.9. The summed E-state index contributed by atoms with van der Waals surface area (Å²) < 4.78 is 82.0. The fraction of sp³-hybridized carbons (Fsp3) is 0.250. The van der Waals surface area contributed by atoms with E-state index in [9.17, 15) is 25.3 Å². The van der Waals surface area contributed by atoms with Crippen molar-refractivity contribution in [3.8, 4) is 11.5 Å². The molecule has 8 aromatic carbocycles. The van der Waals surface area contributed by atoms with Crippen molar-refractivity contribution in [1.82, 2.24) is 0 Å². The average Bonchev–Trinajstić information content (AvgIpc) is 3.35. The maximum absolute atomic E-state index is 12.8. The van der Waals surface area contributed by atoms with Crippen LogP contribution in [-0.4, -0.2) is 25.3 Å². The maximum atomic E-state index is 12.8. The van der Waals surface area contributed by atoms with Gasteiger partial charge in [0, 0.05) is 0 Å². The van der Waals surface area contributed by atoms with Crippen LogP contribution >= 0.6 is 0 Å². The van der Waals surface area contributed by atoms with Gasteiger partial charge in [-0.25, -0.2) is 25.3 Å². The predicted octanol–water partition coefficient (Wildman–Crippen LogP) is 16.0. The van der Waals surface area contributed by atoms with Crippen LogP contribution in [0.5, 0.6) is 11.5 Å². The summed E-state index contributed by atoms with van der Waals surface area (Å²) in [5.41, 5.74) is 16.6. The first-order valence-corrected chi connectivity index (χ1v) is 29.0. The van der Waals surface area contributed by atoms with Gasteiger partial charge in [-0.3, -0.25) is 0 Å². The van der Waals surface area contributed by atoms with Gasteiger partial charge in [-0.1, -0.05) is 78.9 Å². The minimum absolute atomic E-state index is 0.360. The molecule has 0 saturated heterocycles. The molecule has 0 aliphatic rings. The third-order valence-electron chi connectivity index (χ3n) is 14.2. The Bertz CT molecular complexity index is 3540. The molecule has 0 aromatic heterocycles. The smallest absolute Gasteiger partial charge is 0.207 e. The van der Waals surface area contributed by atoms with Gasteiger partial charge in [0.1, 0.15) is 11.5 Å². The van der Waals surface area contributed by atoms with Crippen molar-refractivity contribution >= 4 is 29.5 Å². The lowest BCUT2D eigenvalue weighted by Crippen LogP contribution is -2.07. The van der Waals surface area contributed by atoms with E-state index >= 15 is 0 Å². The summed E-state index contributed by atoms with van der Waals surface area (Å²) >= 11 is 0. The Morgan fingerprint density at radius 1 is 0.243 bits per heavy atom. The number of hydrogen-bond acceptors (Lipinski definition) is 7. The van der Waals surface area contributed by atoms with Crippen molar-refractivity contribution in [3.05, 3.63) is 235 Å². The highest BCUT2D eigenvalue weighted by atomic mass is 32.2. The van der Waals surface area contributed by atoms with Crippen LogP contribution in [0.3, 0.4) is 0 Å². The summed E-state index contributed by atoms with van der Waals surface area (Å²) in [6.45, 7) is 31.4. The molecule has 7 nitrogen and oxygen atoms in total. The van der Waals surface area contributed by atoms with E-state index in [4.69, 9.17) is 4.74 Å². The van der Waals surface area contributed by atoms with Gasteiger partial charge < -0.3 is 4.74 Å². The van der Waals surface area contributed by atoms with E-state index in [2.05, 4.69) is 39.8 Å². The second-order valence-corrected chi connectivity index (χ2v) is 25.1. The Morgan fingerprint density at radius 2 is 0.500 bits per heavy atom. The highest BCUT2D eigenvalue weighted by molar-refractivity contribution is 7.92. The molecule has 8 rings (SSSR count). The van der Waals surface area contributed by atoms with E-state index in [0.29, 0.717) is 29.4 Å². The molecule has 0 radical (unpaired) electrons. The molecule has 0 unspecified atom stereocenters. The number of rotatable bonds is 8. The van der Waals surface area contributed by atoms with Crippen LogP contribution < -0.4 is 4.74 Å². The fourth-order valence-electron chi connectivity index (χ4n) is 7.86. The van der Waals surface area contributed by atoms with Crippen molar-refractivity contribution in [2.24, 2.45) is 0 Å².